The summed E-state index contributed by atoms with van der Waals surface area (Å²) >= 11 is 0. The molecule has 4 N–H and O–H groups in total. The number of halogens is 4. The second-order valence-electron chi connectivity index (χ2n) is 10.1. The fourth-order valence-corrected chi connectivity index (χ4v) is 4.86. The number of hydrogen-bond acceptors (Lipinski definition) is 6. The van der Waals surface area contributed by atoms with E-state index in [0.717, 1.165) is 12.1 Å². The molecule has 1 unspecified atom stereocenters. The summed E-state index contributed by atoms with van der Waals surface area (Å²) in [6, 6.07) is 3.08. The van der Waals surface area contributed by atoms with E-state index in [1.165, 1.54) is 6.20 Å². The first-order valence-corrected chi connectivity index (χ1v) is 12.4. The third-order valence-electron chi connectivity index (χ3n) is 6.84. The average molecular weight is 545 g/mol. The molecule has 0 radical (unpaired) electrons. The van der Waals surface area contributed by atoms with Crippen LogP contribution in [0, 0.1) is 23.3 Å². The lowest BCUT2D eigenvalue weighted by Crippen LogP contribution is -2.36. The van der Waals surface area contributed by atoms with Crippen molar-refractivity contribution in [1.29, 1.82) is 0 Å². The Morgan fingerprint density at radius 3 is 2.59 bits per heavy atom. The number of rotatable bonds is 8. The lowest BCUT2D eigenvalue weighted by atomic mass is 10.0. The molecule has 5 rings (SSSR count). The van der Waals surface area contributed by atoms with Crippen molar-refractivity contribution in [3.63, 3.8) is 0 Å². The van der Waals surface area contributed by atoms with Crippen molar-refractivity contribution in [2.24, 2.45) is 0 Å². The Kier molecular flexibility index (Phi) is 7.08. The fraction of sp³-hybridized carbons (Fsp3) is 0.333. The Morgan fingerprint density at radius 1 is 1.18 bits per heavy atom. The number of carbonyl (C=O) groups is 1. The third kappa shape index (κ3) is 5.09. The van der Waals surface area contributed by atoms with Crippen LogP contribution in [0.5, 0.6) is 0 Å². The van der Waals surface area contributed by atoms with Crippen LogP contribution in [0.15, 0.2) is 36.2 Å². The maximum atomic E-state index is 14.2. The quantitative estimate of drug-likeness (QED) is 0.257. The number of H-pyrrole nitrogens is 1. The number of aliphatic hydroxyl groups is 1. The summed E-state index contributed by atoms with van der Waals surface area (Å²) in [7, 11) is 3.89. The number of aromatic nitrogens is 2. The Bertz CT molecular complexity index is 1490. The molecule has 12 heteroatoms. The number of aromatic amines is 1. The molecular weight excluding hydrogens is 516 g/mol. The van der Waals surface area contributed by atoms with Gasteiger partial charge in [-0.3, -0.25) is 4.79 Å². The van der Waals surface area contributed by atoms with Gasteiger partial charge in [-0.05, 0) is 51.2 Å². The van der Waals surface area contributed by atoms with Gasteiger partial charge in [0.2, 0.25) is 0 Å². The summed E-state index contributed by atoms with van der Waals surface area (Å²) in [5, 5.41) is 16.6. The molecule has 2 aliphatic rings. The van der Waals surface area contributed by atoms with Gasteiger partial charge in [-0.2, -0.15) is 0 Å². The highest BCUT2D eigenvalue weighted by atomic mass is 19.2. The Balaban J connectivity index is 1.43. The van der Waals surface area contributed by atoms with E-state index in [9.17, 15) is 27.5 Å². The largest absolute Gasteiger partial charge is 0.382 e. The number of carbonyl (C=O) groups excluding carboxylic acids is 1. The molecule has 1 amide bonds. The number of amides is 1. The first-order valence-electron chi connectivity index (χ1n) is 12.4. The van der Waals surface area contributed by atoms with Crippen LogP contribution in [0.2, 0.25) is 0 Å². The summed E-state index contributed by atoms with van der Waals surface area (Å²) in [4.78, 5) is 24.5. The molecule has 0 saturated heterocycles. The van der Waals surface area contributed by atoms with E-state index in [0.29, 0.717) is 46.8 Å². The summed E-state index contributed by atoms with van der Waals surface area (Å²) in [5.74, 6) is -5.58. The third-order valence-corrected chi connectivity index (χ3v) is 6.84. The van der Waals surface area contributed by atoms with Gasteiger partial charge < -0.3 is 30.5 Å². The number of nitrogens with zero attached hydrogens (tertiary/aromatic N) is 3. The normalized spacial score (nSPS) is 17.8. The molecule has 1 aromatic heterocycles. The van der Waals surface area contributed by atoms with Crippen molar-refractivity contribution in [3.8, 4) is 0 Å². The van der Waals surface area contributed by atoms with Crippen LogP contribution in [0.3, 0.4) is 0 Å². The van der Waals surface area contributed by atoms with Gasteiger partial charge in [0.15, 0.2) is 29.5 Å². The smallest absolute Gasteiger partial charge is 0.254 e. The Labute approximate surface area is 222 Å². The lowest BCUT2D eigenvalue weighted by molar-refractivity contribution is 0.0768. The fourth-order valence-electron chi connectivity index (χ4n) is 4.86. The Morgan fingerprint density at radius 2 is 1.90 bits per heavy atom. The van der Waals surface area contributed by atoms with Crippen molar-refractivity contribution in [2.45, 2.75) is 32.2 Å². The van der Waals surface area contributed by atoms with Gasteiger partial charge in [-0.15, -0.1) is 0 Å². The average Bonchev–Trinajstić information content (AvgIpc) is 3.42. The number of nitrogens with one attached hydrogen (secondary N) is 3. The van der Waals surface area contributed by atoms with Crippen molar-refractivity contribution in [3.05, 3.63) is 82.0 Å². The summed E-state index contributed by atoms with van der Waals surface area (Å²) in [5.41, 5.74) is 2.66. The molecule has 3 heterocycles. The molecule has 0 bridgehead atoms. The highest BCUT2D eigenvalue weighted by Crippen LogP contribution is 2.30. The molecule has 39 heavy (non-hydrogen) atoms. The van der Waals surface area contributed by atoms with Gasteiger partial charge in [-0.25, -0.2) is 22.5 Å². The number of hydrogen-bond donors (Lipinski definition) is 4. The van der Waals surface area contributed by atoms with Crippen LogP contribution >= 0.6 is 0 Å². The van der Waals surface area contributed by atoms with Crippen molar-refractivity contribution in [1.82, 2.24) is 30.4 Å². The first-order chi connectivity index (χ1) is 18.5. The SMILES string of the molecule is C[C@@H](Cc1c(F)c(F)cc(F)c1F)NC1=C(c2nc3cc4c(cc3[nH]2)CN(CCN(C)C)C4=O)C(O)NC=C1. The number of likely N-dealkylation sites (N-methyl/N-ethyl adjacent to an activating group) is 1. The molecule has 0 saturated carbocycles. The number of dihydropyridines is 1. The molecule has 8 nitrogen and oxygen atoms in total. The number of aliphatic hydroxyl groups excluding tert-OH is 1. The first kappa shape index (κ1) is 26.7. The van der Waals surface area contributed by atoms with E-state index < -0.39 is 41.1 Å². The van der Waals surface area contributed by atoms with Crippen LogP contribution in [0.4, 0.5) is 17.6 Å². The lowest BCUT2D eigenvalue weighted by Gasteiger charge is -2.25. The predicted molar refractivity (Wildman–Crippen MR) is 137 cm³/mol. The van der Waals surface area contributed by atoms with E-state index in [4.69, 9.17) is 0 Å². The summed E-state index contributed by atoms with van der Waals surface area (Å²) in [6.45, 7) is 3.42. The maximum absolute atomic E-state index is 14.2. The van der Waals surface area contributed by atoms with Gasteiger partial charge in [0.25, 0.3) is 5.91 Å². The highest BCUT2D eigenvalue weighted by Gasteiger charge is 2.30. The number of imidazole rings is 1. The molecule has 0 aliphatic carbocycles. The molecule has 2 aromatic carbocycles. The van der Waals surface area contributed by atoms with Gasteiger partial charge in [-0.1, -0.05) is 0 Å². The van der Waals surface area contributed by atoms with E-state index >= 15 is 0 Å². The van der Waals surface area contributed by atoms with Gasteiger partial charge in [0.1, 0.15) is 5.82 Å². The van der Waals surface area contributed by atoms with Crippen molar-refractivity contribution < 1.29 is 27.5 Å². The van der Waals surface area contributed by atoms with Crippen LogP contribution in [-0.4, -0.2) is 70.2 Å². The van der Waals surface area contributed by atoms with Gasteiger partial charge >= 0.3 is 0 Å². The van der Waals surface area contributed by atoms with Crippen LogP contribution in [0.25, 0.3) is 16.6 Å². The number of fused-ring (bicyclic) bond motifs is 2. The molecule has 206 valence electrons. The molecule has 3 aromatic rings. The minimum Gasteiger partial charge on any atom is -0.382 e. The van der Waals surface area contributed by atoms with E-state index in [2.05, 4.69) is 20.6 Å². The molecular formula is C27H28F4N6O2. The zero-order valence-corrected chi connectivity index (χ0v) is 21.6. The zero-order chi connectivity index (χ0) is 28.0. The van der Waals surface area contributed by atoms with Crippen LogP contribution in [0.1, 0.15) is 34.2 Å². The zero-order valence-electron chi connectivity index (χ0n) is 21.6. The summed E-state index contributed by atoms with van der Waals surface area (Å²) < 4.78 is 55.7. The second kappa shape index (κ2) is 10.3. The van der Waals surface area contributed by atoms with Crippen LogP contribution in [-0.2, 0) is 13.0 Å². The minimum absolute atomic E-state index is 0.0655. The molecule has 2 atom stereocenters. The molecule has 0 fully saturated rings. The number of benzene rings is 2. The standard InChI is InChI=1S/C27H28F4N6O2/c1-13(8-16-23(30)17(28)11-18(29)24(16)31)33-19-4-5-32-26(38)22(19)25-34-20-9-14-12-37(7-6-36(2)3)27(39)15(14)10-21(20)35-25/h4-5,9-11,13,26,32-33,38H,6-8,12H2,1-3H3,(H,34,35)/t13-,26?/m0/s1. The molecule has 0 spiro atoms. The summed E-state index contributed by atoms with van der Waals surface area (Å²) in [6.07, 6.45) is 1.56. The van der Waals surface area contributed by atoms with E-state index in [1.54, 1.807) is 24.0 Å². The minimum atomic E-state index is -1.47. The number of allylic oxidation sites excluding steroid dienone is 1. The highest BCUT2D eigenvalue weighted by molar-refractivity contribution is 6.01. The maximum Gasteiger partial charge on any atom is 0.254 e. The van der Waals surface area contributed by atoms with Gasteiger partial charge in [0.05, 0.1) is 16.6 Å². The van der Waals surface area contributed by atoms with Gasteiger partial charge in [0, 0.05) is 54.8 Å². The topological polar surface area (TPSA) is 96.5 Å². The predicted octanol–water partition coefficient (Wildman–Crippen LogP) is 3.00. The second-order valence-corrected chi connectivity index (χ2v) is 10.1. The Hall–Kier alpha value is -3.90. The van der Waals surface area contributed by atoms with E-state index in [1.807, 2.05) is 25.1 Å². The van der Waals surface area contributed by atoms with Crippen LogP contribution < -0.4 is 10.6 Å². The van der Waals surface area contributed by atoms with E-state index in [-0.39, 0.29) is 18.4 Å². The van der Waals surface area contributed by atoms with Crippen molar-refractivity contribution >= 4 is 22.5 Å². The monoisotopic (exact) mass is 544 g/mol. The van der Waals surface area contributed by atoms with Crippen molar-refractivity contribution in [2.75, 3.05) is 27.2 Å². The molecule has 2 aliphatic heterocycles.